The molecule has 0 aromatic heterocycles. The van der Waals surface area contributed by atoms with Crippen LogP contribution >= 0.6 is 0 Å². The molecule has 202 valence electrons. The van der Waals surface area contributed by atoms with E-state index in [9.17, 15) is 18.0 Å². The molecule has 0 bridgehead atoms. The van der Waals surface area contributed by atoms with Gasteiger partial charge in [0, 0.05) is 12.1 Å². The minimum absolute atomic E-state index is 0.0167. The third-order valence-corrected chi connectivity index (χ3v) is 7.62. The van der Waals surface area contributed by atoms with Gasteiger partial charge in [0.15, 0.2) is 0 Å². The van der Waals surface area contributed by atoms with Crippen LogP contribution in [-0.4, -0.2) is 50.4 Å². The van der Waals surface area contributed by atoms with Crippen LogP contribution in [-0.2, 0) is 26.2 Å². The zero-order valence-corrected chi connectivity index (χ0v) is 23.2. The molecule has 9 heteroatoms. The van der Waals surface area contributed by atoms with E-state index >= 15 is 0 Å². The van der Waals surface area contributed by atoms with Gasteiger partial charge in [-0.1, -0.05) is 48.5 Å². The highest BCUT2D eigenvalue weighted by Gasteiger charge is 2.33. The molecular formula is C29H35N3O5S. The van der Waals surface area contributed by atoms with Gasteiger partial charge >= 0.3 is 0 Å². The smallest absolute Gasteiger partial charge is 0.264 e. The third kappa shape index (κ3) is 7.35. The lowest BCUT2D eigenvalue weighted by Gasteiger charge is -2.33. The van der Waals surface area contributed by atoms with E-state index in [2.05, 4.69) is 5.32 Å². The van der Waals surface area contributed by atoms with E-state index in [1.165, 1.54) is 24.1 Å². The lowest BCUT2D eigenvalue weighted by Crippen LogP contribution is -2.54. The molecule has 2 amide bonds. The summed E-state index contributed by atoms with van der Waals surface area (Å²) in [6.45, 7) is 6.88. The molecule has 0 spiro atoms. The summed E-state index contributed by atoms with van der Waals surface area (Å²) in [5.74, 6) is -0.323. The number of nitrogens with zero attached hydrogens (tertiary/aromatic N) is 2. The molecule has 0 radical (unpaired) electrons. The van der Waals surface area contributed by atoms with E-state index in [0.29, 0.717) is 11.4 Å². The number of amides is 2. The SMILES string of the molecule is COc1ccc(S(=O)(=O)N(CC(=O)N(Cc2ccccc2)[C@H](C)C(=O)NC(C)(C)C)c2ccccc2)cc1. The van der Waals surface area contributed by atoms with Crippen LogP contribution in [0.3, 0.4) is 0 Å². The maximum Gasteiger partial charge on any atom is 0.264 e. The number of anilines is 1. The molecule has 3 rings (SSSR count). The number of methoxy groups -OCH3 is 1. The van der Waals surface area contributed by atoms with E-state index < -0.39 is 34.1 Å². The molecule has 0 saturated carbocycles. The Kier molecular flexibility index (Phi) is 9.17. The first-order valence-corrected chi connectivity index (χ1v) is 13.7. The van der Waals surface area contributed by atoms with Gasteiger partial charge in [0.1, 0.15) is 18.3 Å². The standard InChI is InChI=1S/C29H35N3O5S/c1-22(28(34)30-29(2,3)4)31(20-23-12-8-6-9-13-23)27(33)21-32(24-14-10-7-11-15-24)38(35,36)26-18-16-25(37-5)17-19-26/h6-19,22H,20-21H2,1-5H3,(H,30,34)/t22-/m1/s1. The van der Waals surface area contributed by atoms with Crippen molar-refractivity contribution in [1.29, 1.82) is 0 Å². The summed E-state index contributed by atoms with van der Waals surface area (Å²) < 4.78 is 33.8. The van der Waals surface area contributed by atoms with Crippen LogP contribution in [0.1, 0.15) is 33.3 Å². The fraction of sp³-hybridized carbons (Fsp3) is 0.310. The van der Waals surface area contributed by atoms with Crippen LogP contribution in [0.2, 0.25) is 0 Å². The van der Waals surface area contributed by atoms with Gasteiger partial charge in [-0.3, -0.25) is 13.9 Å². The van der Waals surface area contributed by atoms with Crippen LogP contribution in [0.15, 0.2) is 89.8 Å². The number of rotatable bonds is 10. The average Bonchev–Trinajstić information content (AvgIpc) is 2.90. The molecule has 0 fully saturated rings. The normalized spacial score (nSPS) is 12.3. The largest absolute Gasteiger partial charge is 0.497 e. The first-order valence-electron chi connectivity index (χ1n) is 12.3. The Morgan fingerprint density at radius 1 is 0.895 bits per heavy atom. The first-order chi connectivity index (χ1) is 17.9. The Morgan fingerprint density at radius 3 is 1.97 bits per heavy atom. The Bertz CT molecular complexity index is 1320. The second kappa shape index (κ2) is 12.1. The molecule has 0 saturated heterocycles. The predicted molar refractivity (Wildman–Crippen MR) is 148 cm³/mol. The van der Waals surface area contributed by atoms with Crippen molar-refractivity contribution >= 4 is 27.5 Å². The Labute approximate surface area is 225 Å². The van der Waals surface area contributed by atoms with Gasteiger partial charge in [0.25, 0.3) is 10.0 Å². The zero-order valence-electron chi connectivity index (χ0n) is 22.4. The van der Waals surface area contributed by atoms with E-state index in [0.717, 1.165) is 9.87 Å². The van der Waals surface area contributed by atoms with Crippen molar-refractivity contribution in [2.45, 2.75) is 50.7 Å². The second-order valence-electron chi connectivity index (χ2n) is 9.95. The number of para-hydroxylation sites is 1. The van der Waals surface area contributed by atoms with E-state index in [-0.39, 0.29) is 17.3 Å². The van der Waals surface area contributed by atoms with E-state index in [1.807, 2.05) is 51.1 Å². The molecule has 0 aliphatic rings. The van der Waals surface area contributed by atoms with Gasteiger partial charge in [0.05, 0.1) is 17.7 Å². The molecule has 0 heterocycles. The van der Waals surface area contributed by atoms with Gasteiger partial charge in [-0.2, -0.15) is 0 Å². The van der Waals surface area contributed by atoms with Gasteiger partial charge in [0.2, 0.25) is 11.8 Å². The molecule has 3 aromatic carbocycles. The fourth-order valence-electron chi connectivity index (χ4n) is 3.83. The van der Waals surface area contributed by atoms with Crippen molar-refractivity contribution in [3.8, 4) is 5.75 Å². The summed E-state index contributed by atoms with van der Waals surface area (Å²) in [4.78, 5) is 28.4. The quantitative estimate of drug-likeness (QED) is 0.418. The first kappa shape index (κ1) is 28.7. The topological polar surface area (TPSA) is 96.0 Å². The average molecular weight is 538 g/mol. The number of nitrogens with one attached hydrogen (secondary N) is 1. The van der Waals surface area contributed by atoms with Crippen LogP contribution in [0.25, 0.3) is 0 Å². The highest BCUT2D eigenvalue weighted by atomic mass is 32.2. The van der Waals surface area contributed by atoms with Gasteiger partial charge in [-0.15, -0.1) is 0 Å². The lowest BCUT2D eigenvalue weighted by atomic mass is 10.1. The molecule has 38 heavy (non-hydrogen) atoms. The third-order valence-electron chi connectivity index (χ3n) is 5.83. The maximum atomic E-state index is 13.8. The summed E-state index contributed by atoms with van der Waals surface area (Å²) >= 11 is 0. The number of ether oxygens (including phenoxy) is 1. The molecule has 0 unspecified atom stereocenters. The highest BCUT2D eigenvalue weighted by Crippen LogP contribution is 2.25. The fourth-order valence-corrected chi connectivity index (χ4v) is 5.25. The number of hydrogen-bond acceptors (Lipinski definition) is 5. The highest BCUT2D eigenvalue weighted by molar-refractivity contribution is 7.92. The zero-order chi connectivity index (χ0) is 27.9. The summed E-state index contributed by atoms with van der Waals surface area (Å²) in [6.07, 6.45) is 0. The van der Waals surface area contributed by atoms with Crippen LogP contribution in [0, 0.1) is 0 Å². The van der Waals surface area contributed by atoms with Crippen LogP contribution < -0.4 is 14.4 Å². The van der Waals surface area contributed by atoms with Crippen molar-refractivity contribution in [1.82, 2.24) is 10.2 Å². The minimum Gasteiger partial charge on any atom is -0.497 e. The molecule has 1 atom stereocenters. The van der Waals surface area contributed by atoms with Gasteiger partial charge in [-0.05, 0) is 69.7 Å². The van der Waals surface area contributed by atoms with E-state index in [4.69, 9.17) is 4.74 Å². The monoisotopic (exact) mass is 537 g/mol. The molecule has 8 nitrogen and oxygen atoms in total. The summed E-state index contributed by atoms with van der Waals surface area (Å²) in [5.41, 5.74) is 0.657. The number of benzene rings is 3. The molecule has 0 aliphatic heterocycles. The van der Waals surface area contributed by atoms with Crippen LogP contribution in [0.4, 0.5) is 5.69 Å². The lowest BCUT2D eigenvalue weighted by molar-refractivity contribution is -0.140. The number of carbonyl (C=O) groups excluding carboxylic acids is 2. The van der Waals surface area contributed by atoms with Crippen molar-refractivity contribution in [2.75, 3.05) is 18.0 Å². The number of hydrogen-bond donors (Lipinski definition) is 1. The minimum atomic E-state index is -4.13. The summed E-state index contributed by atoms with van der Waals surface area (Å²) in [6, 6.07) is 22.9. The van der Waals surface area contributed by atoms with Crippen molar-refractivity contribution in [3.63, 3.8) is 0 Å². The second-order valence-corrected chi connectivity index (χ2v) is 11.8. The van der Waals surface area contributed by atoms with Gasteiger partial charge < -0.3 is 15.0 Å². The molecular weight excluding hydrogens is 502 g/mol. The predicted octanol–water partition coefficient (Wildman–Crippen LogP) is 4.22. The maximum absolute atomic E-state index is 13.8. The van der Waals surface area contributed by atoms with E-state index in [1.54, 1.807) is 49.4 Å². The summed E-state index contributed by atoms with van der Waals surface area (Å²) in [5, 5.41) is 2.92. The van der Waals surface area contributed by atoms with Gasteiger partial charge in [-0.25, -0.2) is 8.42 Å². The summed E-state index contributed by atoms with van der Waals surface area (Å²) in [7, 11) is -2.63. The number of sulfonamides is 1. The molecule has 1 N–H and O–H groups in total. The van der Waals surface area contributed by atoms with Crippen molar-refractivity contribution in [3.05, 3.63) is 90.5 Å². The van der Waals surface area contributed by atoms with Crippen LogP contribution in [0.5, 0.6) is 5.75 Å². The Balaban J connectivity index is 1.99. The van der Waals surface area contributed by atoms with Crippen molar-refractivity contribution < 1.29 is 22.7 Å². The van der Waals surface area contributed by atoms with Crippen molar-refractivity contribution in [2.24, 2.45) is 0 Å². The molecule has 3 aromatic rings. The Hall–Kier alpha value is -3.85. The Morgan fingerprint density at radius 2 is 1.45 bits per heavy atom. The number of carbonyl (C=O) groups is 2. The molecule has 0 aliphatic carbocycles.